The van der Waals surface area contributed by atoms with Crippen LogP contribution in [0, 0.1) is 5.92 Å². The van der Waals surface area contributed by atoms with Gasteiger partial charge in [0.15, 0.2) is 0 Å². The monoisotopic (exact) mass is 235 g/mol. The second-order valence-corrected chi connectivity index (χ2v) is 4.90. The molecule has 1 unspecified atom stereocenters. The molecule has 1 heterocycles. The van der Waals surface area contributed by atoms with Crippen LogP contribution in [-0.4, -0.2) is 15.7 Å². The summed E-state index contributed by atoms with van der Waals surface area (Å²) < 4.78 is 1.98. The lowest BCUT2D eigenvalue weighted by molar-refractivity contribution is -0.119. The summed E-state index contributed by atoms with van der Waals surface area (Å²) in [7, 11) is 0. The van der Waals surface area contributed by atoms with E-state index in [4.69, 9.17) is 0 Å². The molecule has 1 aliphatic carbocycles. The fourth-order valence-electron chi connectivity index (χ4n) is 2.29. The molecule has 1 N–H and O–H groups in total. The van der Waals surface area contributed by atoms with Gasteiger partial charge in [0.2, 0.25) is 5.91 Å². The van der Waals surface area contributed by atoms with Crippen LogP contribution >= 0.6 is 0 Å². The maximum absolute atomic E-state index is 11.9. The molecule has 1 fully saturated rings. The zero-order valence-corrected chi connectivity index (χ0v) is 10.6. The first-order valence-corrected chi connectivity index (χ1v) is 6.56. The van der Waals surface area contributed by atoms with Crippen molar-refractivity contribution in [2.24, 2.45) is 5.92 Å². The van der Waals surface area contributed by atoms with Gasteiger partial charge in [0.05, 0.1) is 12.2 Å². The molecule has 1 aromatic heterocycles. The SMILES string of the molecule is CCC(C)C(=O)Nc1ccnn1C1CCCC1. The molecular weight excluding hydrogens is 214 g/mol. The van der Waals surface area contributed by atoms with Crippen molar-refractivity contribution in [1.82, 2.24) is 9.78 Å². The summed E-state index contributed by atoms with van der Waals surface area (Å²) >= 11 is 0. The Labute approximate surface area is 102 Å². The largest absolute Gasteiger partial charge is 0.311 e. The van der Waals surface area contributed by atoms with Crippen molar-refractivity contribution in [2.45, 2.75) is 52.0 Å². The summed E-state index contributed by atoms with van der Waals surface area (Å²) in [4.78, 5) is 11.9. The number of hydrogen-bond donors (Lipinski definition) is 1. The van der Waals surface area contributed by atoms with Gasteiger partial charge in [0.25, 0.3) is 0 Å². The number of nitrogens with one attached hydrogen (secondary N) is 1. The van der Waals surface area contributed by atoms with Crippen molar-refractivity contribution in [2.75, 3.05) is 5.32 Å². The van der Waals surface area contributed by atoms with Crippen LogP contribution in [0.25, 0.3) is 0 Å². The van der Waals surface area contributed by atoms with Gasteiger partial charge in [-0.25, -0.2) is 4.68 Å². The molecule has 1 amide bonds. The van der Waals surface area contributed by atoms with Crippen LogP contribution in [0.4, 0.5) is 5.82 Å². The fourth-order valence-corrected chi connectivity index (χ4v) is 2.29. The van der Waals surface area contributed by atoms with Crippen LogP contribution in [0.15, 0.2) is 12.3 Å². The average Bonchev–Trinajstić information content (AvgIpc) is 2.97. The van der Waals surface area contributed by atoms with Crippen LogP contribution in [0.1, 0.15) is 52.0 Å². The van der Waals surface area contributed by atoms with Gasteiger partial charge < -0.3 is 5.32 Å². The summed E-state index contributed by atoms with van der Waals surface area (Å²) in [5, 5.41) is 7.32. The van der Waals surface area contributed by atoms with E-state index in [1.807, 2.05) is 24.6 Å². The molecular formula is C13H21N3O. The molecule has 1 aromatic rings. The van der Waals surface area contributed by atoms with Gasteiger partial charge in [-0.1, -0.05) is 26.7 Å². The predicted octanol–water partition coefficient (Wildman–Crippen LogP) is 2.98. The Balaban J connectivity index is 2.06. The van der Waals surface area contributed by atoms with Crippen molar-refractivity contribution >= 4 is 11.7 Å². The Morgan fingerprint density at radius 3 is 2.94 bits per heavy atom. The summed E-state index contributed by atoms with van der Waals surface area (Å²) in [5.74, 6) is 0.997. The van der Waals surface area contributed by atoms with E-state index in [0.717, 1.165) is 12.2 Å². The quantitative estimate of drug-likeness (QED) is 0.872. The smallest absolute Gasteiger partial charge is 0.228 e. The fraction of sp³-hybridized carbons (Fsp3) is 0.692. The van der Waals surface area contributed by atoms with E-state index in [2.05, 4.69) is 10.4 Å². The van der Waals surface area contributed by atoms with Crippen LogP contribution in [0.2, 0.25) is 0 Å². The predicted molar refractivity (Wildman–Crippen MR) is 67.8 cm³/mol. The Morgan fingerprint density at radius 1 is 1.59 bits per heavy atom. The van der Waals surface area contributed by atoms with Crippen LogP contribution in [0.3, 0.4) is 0 Å². The van der Waals surface area contributed by atoms with Crippen molar-refractivity contribution in [3.05, 3.63) is 12.3 Å². The molecule has 4 heteroatoms. The summed E-state index contributed by atoms with van der Waals surface area (Å²) in [5.41, 5.74) is 0. The van der Waals surface area contributed by atoms with E-state index in [1.54, 1.807) is 6.20 Å². The average molecular weight is 235 g/mol. The highest BCUT2D eigenvalue weighted by Crippen LogP contribution is 2.31. The first-order chi connectivity index (χ1) is 8.22. The third kappa shape index (κ3) is 2.68. The van der Waals surface area contributed by atoms with Gasteiger partial charge in [0, 0.05) is 12.0 Å². The second-order valence-electron chi connectivity index (χ2n) is 4.90. The molecule has 0 radical (unpaired) electrons. The lowest BCUT2D eigenvalue weighted by atomic mass is 10.1. The molecule has 0 aromatic carbocycles. The normalized spacial score (nSPS) is 18.2. The number of nitrogens with zero attached hydrogens (tertiary/aromatic N) is 2. The van der Waals surface area contributed by atoms with Crippen LogP contribution in [0.5, 0.6) is 0 Å². The highest BCUT2D eigenvalue weighted by molar-refractivity contribution is 5.91. The number of rotatable bonds is 4. The molecule has 0 bridgehead atoms. The number of hydrogen-bond acceptors (Lipinski definition) is 2. The Hall–Kier alpha value is -1.32. The summed E-state index contributed by atoms with van der Waals surface area (Å²) in [6.45, 7) is 3.98. The van der Waals surface area contributed by atoms with E-state index in [9.17, 15) is 4.79 Å². The van der Waals surface area contributed by atoms with E-state index in [-0.39, 0.29) is 11.8 Å². The highest BCUT2D eigenvalue weighted by Gasteiger charge is 2.21. The number of carbonyl (C=O) groups is 1. The Kier molecular flexibility index (Phi) is 3.82. The molecule has 1 saturated carbocycles. The minimum Gasteiger partial charge on any atom is -0.311 e. The molecule has 0 saturated heterocycles. The van der Waals surface area contributed by atoms with E-state index in [1.165, 1.54) is 25.7 Å². The van der Waals surface area contributed by atoms with Crippen molar-refractivity contribution < 1.29 is 4.79 Å². The Morgan fingerprint density at radius 2 is 2.29 bits per heavy atom. The zero-order chi connectivity index (χ0) is 12.3. The van der Waals surface area contributed by atoms with Gasteiger partial charge >= 0.3 is 0 Å². The molecule has 2 rings (SSSR count). The zero-order valence-electron chi connectivity index (χ0n) is 10.6. The summed E-state index contributed by atoms with van der Waals surface area (Å²) in [6.07, 6.45) is 7.52. The van der Waals surface area contributed by atoms with E-state index >= 15 is 0 Å². The van der Waals surface area contributed by atoms with Gasteiger partial charge in [0.1, 0.15) is 5.82 Å². The Bertz CT molecular complexity index is 380. The molecule has 1 atom stereocenters. The first kappa shape index (κ1) is 12.1. The lowest BCUT2D eigenvalue weighted by Gasteiger charge is -2.16. The molecule has 1 aliphatic rings. The molecule has 17 heavy (non-hydrogen) atoms. The van der Waals surface area contributed by atoms with Gasteiger partial charge in [-0.2, -0.15) is 5.10 Å². The van der Waals surface area contributed by atoms with Crippen LogP contribution in [-0.2, 0) is 4.79 Å². The summed E-state index contributed by atoms with van der Waals surface area (Å²) in [6, 6.07) is 2.36. The minimum atomic E-state index is 0.0573. The molecule has 0 aliphatic heterocycles. The van der Waals surface area contributed by atoms with Crippen LogP contribution < -0.4 is 5.32 Å². The minimum absolute atomic E-state index is 0.0573. The van der Waals surface area contributed by atoms with Crippen molar-refractivity contribution in [3.8, 4) is 0 Å². The molecule has 94 valence electrons. The lowest BCUT2D eigenvalue weighted by Crippen LogP contribution is -2.22. The molecule has 4 nitrogen and oxygen atoms in total. The van der Waals surface area contributed by atoms with E-state index < -0.39 is 0 Å². The highest BCUT2D eigenvalue weighted by atomic mass is 16.1. The third-order valence-electron chi connectivity index (χ3n) is 3.65. The standard InChI is InChI=1S/C13H21N3O/c1-3-10(2)13(17)15-12-8-9-14-16(12)11-6-4-5-7-11/h8-11H,3-7H2,1-2H3,(H,15,17). The van der Waals surface area contributed by atoms with Gasteiger partial charge in [-0.05, 0) is 19.3 Å². The number of carbonyl (C=O) groups excluding carboxylic acids is 1. The van der Waals surface area contributed by atoms with Crippen molar-refractivity contribution in [3.63, 3.8) is 0 Å². The number of anilines is 1. The molecule has 0 spiro atoms. The second kappa shape index (κ2) is 5.34. The van der Waals surface area contributed by atoms with Gasteiger partial charge in [-0.15, -0.1) is 0 Å². The topological polar surface area (TPSA) is 46.9 Å². The number of amides is 1. The number of aromatic nitrogens is 2. The third-order valence-corrected chi connectivity index (χ3v) is 3.65. The van der Waals surface area contributed by atoms with Crippen molar-refractivity contribution in [1.29, 1.82) is 0 Å². The van der Waals surface area contributed by atoms with Gasteiger partial charge in [-0.3, -0.25) is 4.79 Å². The van der Waals surface area contributed by atoms with E-state index in [0.29, 0.717) is 6.04 Å². The first-order valence-electron chi connectivity index (χ1n) is 6.56. The maximum Gasteiger partial charge on any atom is 0.228 e. The maximum atomic E-state index is 11.9.